The van der Waals surface area contributed by atoms with E-state index in [1.807, 2.05) is 7.05 Å². The minimum Gasteiger partial charge on any atom is -0.371 e. The van der Waals surface area contributed by atoms with Crippen molar-refractivity contribution in [2.45, 2.75) is 52.5 Å². The summed E-state index contributed by atoms with van der Waals surface area (Å²) >= 11 is 6.45. The molecule has 114 valence electrons. The van der Waals surface area contributed by atoms with Crippen molar-refractivity contribution in [2.24, 2.45) is 0 Å². The minimum absolute atomic E-state index is 0.288. The van der Waals surface area contributed by atoms with Gasteiger partial charge in [0.2, 0.25) is 0 Å². The highest BCUT2D eigenvalue weighted by Crippen LogP contribution is 2.28. The van der Waals surface area contributed by atoms with Crippen molar-refractivity contribution in [3.63, 3.8) is 0 Å². The molecule has 20 heavy (non-hydrogen) atoms. The SMILES string of the molecule is CCCCN(CCCC)c1ccc(C(C)NC)c(Cl)c1. The lowest BCUT2D eigenvalue weighted by molar-refractivity contribution is 0.651. The summed E-state index contributed by atoms with van der Waals surface area (Å²) in [5, 5.41) is 4.10. The van der Waals surface area contributed by atoms with Gasteiger partial charge in [0, 0.05) is 29.8 Å². The van der Waals surface area contributed by atoms with Crippen LogP contribution < -0.4 is 10.2 Å². The Hall–Kier alpha value is -0.730. The van der Waals surface area contributed by atoms with Crippen molar-refractivity contribution in [1.82, 2.24) is 5.32 Å². The van der Waals surface area contributed by atoms with Crippen LogP contribution in [-0.4, -0.2) is 20.1 Å². The fourth-order valence-corrected chi connectivity index (χ4v) is 2.63. The zero-order valence-corrected chi connectivity index (χ0v) is 14.1. The molecule has 1 atom stereocenters. The van der Waals surface area contributed by atoms with E-state index in [9.17, 15) is 0 Å². The second-order valence-corrected chi connectivity index (χ2v) is 5.82. The van der Waals surface area contributed by atoms with Crippen LogP contribution in [0.3, 0.4) is 0 Å². The van der Waals surface area contributed by atoms with Gasteiger partial charge in [0.1, 0.15) is 0 Å². The highest BCUT2D eigenvalue weighted by Gasteiger charge is 2.11. The van der Waals surface area contributed by atoms with Gasteiger partial charge < -0.3 is 10.2 Å². The van der Waals surface area contributed by atoms with Gasteiger partial charge in [0.15, 0.2) is 0 Å². The molecule has 0 fully saturated rings. The van der Waals surface area contributed by atoms with Crippen LogP contribution in [0.5, 0.6) is 0 Å². The summed E-state index contributed by atoms with van der Waals surface area (Å²) in [4.78, 5) is 2.46. The van der Waals surface area contributed by atoms with Crippen molar-refractivity contribution in [3.8, 4) is 0 Å². The molecule has 0 aliphatic carbocycles. The van der Waals surface area contributed by atoms with Gasteiger partial charge in [-0.2, -0.15) is 0 Å². The lowest BCUT2D eigenvalue weighted by Crippen LogP contribution is -2.25. The number of benzene rings is 1. The van der Waals surface area contributed by atoms with Crippen LogP contribution in [0.1, 0.15) is 58.1 Å². The van der Waals surface area contributed by atoms with E-state index in [4.69, 9.17) is 11.6 Å². The third-order valence-corrected chi connectivity index (χ3v) is 4.14. The molecule has 0 spiro atoms. The molecule has 3 heteroatoms. The Morgan fingerprint density at radius 2 is 1.75 bits per heavy atom. The Labute approximate surface area is 129 Å². The van der Waals surface area contributed by atoms with E-state index >= 15 is 0 Å². The van der Waals surface area contributed by atoms with Gasteiger partial charge in [0.05, 0.1) is 0 Å². The summed E-state index contributed by atoms with van der Waals surface area (Å²) in [5.41, 5.74) is 2.42. The third-order valence-electron chi connectivity index (χ3n) is 3.81. The standard InChI is InChI=1S/C17H29ClN2/c1-5-7-11-20(12-8-6-2)15-9-10-16(14(3)19-4)17(18)13-15/h9-10,13-14,19H,5-8,11-12H2,1-4H3. The Morgan fingerprint density at radius 1 is 1.15 bits per heavy atom. The Balaban J connectivity index is 2.87. The summed E-state index contributed by atoms with van der Waals surface area (Å²) in [6.45, 7) is 8.85. The number of rotatable bonds is 9. The number of nitrogens with zero attached hydrogens (tertiary/aromatic N) is 1. The fraction of sp³-hybridized carbons (Fsp3) is 0.647. The van der Waals surface area contributed by atoms with Crippen LogP contribution >= 0.6 is 11.6 Å². The average molecular weight is 297 g/mol. The van der Waals surface area contributed by atoms with Gasteiger partial charge in [0.25, 0.3) is 0 Å². The lowest BCUT2D eigenvalue weighted by Gasteiger charge is -2.26. The van der Waals surface area contributed by atoms with E-state index < -0.39 is 0 Å². The van der Waals surface area contributed by atoms with Crippen LogP contribution in [0.25, 0.3) is 0 Å². The summed E-state index contributed by atoms with van der Waals surface area (Å²) in [6.07, 6.45) is 4.92. The highest BCUT2D eigenvalue weighted by molar-refractivity contribution is 6.31. The van der Waals surface area contributed by atoms with E-state index in [0.717, 1.165) is 18.1 Å². The van der Waals surface area contributed by atoms with Crippen LogP contribution in [0.15, 0.2) is 18.2 Å². The van der Waals surface area contributed by atoms with Gasteiger partial charge in [-0.15, -0.1) is 0 Å². The van der Waals surface area contributed by atoms with Gasteiger partial charge in [-0.1, -0.05) is 44.4 Å². The Bertz CT molecular complexity index is 385. The molecule has 2 nitrogen and oxygen atoms in total. The molecule has 0 bridgehead atoms. The fourth-order valence-electron chi connectivity index (χ4n) is 2.29. The predicted molar refractivity (Wildman–Crippen MR) is 91.0 cm³/mol. The van der Waals surface area contributed by atoms with E-state index in [1.54, 1.807) is 0 Å². The molecule has 1 rings (SSSR count). The molecule has 0 aliphatic heterocycles. The van der Waals surface area contributed by atoms with E-state index in [0.29, 0.717) is 0 Å². The molecule has 1 aromatic rings. The van der Waals surface area contributed by atoms with E-state index in [1.165, 1.54) is 36.9 Å². The normalized spacial score (nSPS) is 12.4. The molecule has 0 radical (unpaired) electrons. The van der Waals surface area contributed by atoms with Gasteiger partial charge >= 0.3 is 0 Å². The number of hydrogen-bond acceptors (Lipinski definition) is 2. The monoisotopic (exact) mass is 296 g/mol. The topological polar surface area (TPSA) is 15.3 Å². The first-order valence-corrected chi connectivity index (χ1v) is 8.23. The first-order valence-electron chi connectivity index (χ1n) is 7.85. The van der Waals surface area contributed by atoms with E-state index in [2.05, 4.69) is 49.2 Å². The molecule has 0 amide bonds. The van der Waals surface area contributed by atoms with Crippen molar-refractivity contribution in [2.75, 3.05) is 25.0 Å². The average Bonchev–Trinajstić information content (AvgIpc) is 2.46. The van der Waals surface area contributed by atoms with Crippen molar-refractivity contribution < 1.29 is 0 Å². The Morgan fingerprint density at radius 3 is 2.20 bits per heavy atom. The largest absolute Gasteiger partial charge is 0.371 e. The van der Waals surface area contributed by atoms with Crippen LogP contribution in [0.2, 0.25) is 5.02 Å². The quantitative estimate of drug-likeness (QED) is 0.688. The number of halogens is 1. The first-order chi connectivity index (χ1) is 9.63. The molecule has 1 N–H and O–H groups in total. The molecule has 1 unspecified atom stereocenters. The molecule has 1 aromatic carbocycles. The highest BCUT2D eigenvalue weighted by atomic mass is 35.5. The molecule has 0 aliphatic rings. The van der Waals surface area contributed by atoms with Crippen molar-refractivity contribution >= 4 is 17.3 Å². The number of hydrogen-bond donors (Lipinski definition) is 1. The number of nitrogens with one attached hydrogen (secondary N) is 1. The van der Waals surface area contributed by atoms with Gasteiger partial charge in [-0.25, -0.2) is 0 Å². The second kappa shape index (κ2) is 9.25. The predicted octanol–water partition coefficient (Wildman–Crippen LogP) is 5.03. The maximum Gasteiger partial charge on any atom is 0.0474 e. The van der Waals surface area contributed by atoms with Crippen molar-refractivity contribution in [3.05, 3.63) is 28.8 Å². The second-order valence-electron chi connectivity index (χ2n) is 5.41. The maximum atomic E-state index is 6.45. The van der Waals surface area contributed by atoms with Crippen LogP contribution in [-0.2, 0) is 0 Å². The lowest BCUT2D eigenvalue weighted by atomic mass is 10.1. The molecule has 0 heterocycles. The summed E-state index contributed by atoms with van der Waals surface area (Å²) in [6, 6.07) is 6.77. The number of anilines is 1. The van der Waals surface area contributed by atoms with Gasteiger partial charge in [-0.3, -0.25) is 0 Å². The van der Waals surface area contributed by atoms with E-state index in [-0.39, 0.29) is 6.04 Å². The first kappa shape index (κ1) is 17.3. The molecule has 0 saturated carbocycles. The summed E-state index contributed by atoms with van der Waals surface area (Å²) in [5.74, 6) is 0. The zero-order chi connectivity index (χ0) is 15.0. The molecule has 0 aromatic heterocycles. The summed E-state index contributed by atoms with van der Waals surface area (Å²) < 4.78 is 0. The third kappa shape index (κ3) is 4.99. The number of unbranched alkanes of at least 4 members (excludes halogenated alkanes) is 2. The molecular weight excluding hydrogens is 268 g/mol. The zero-order valence-electron chi connectivity index (χ0n) is 13.4. The van der Waals surface area contributed by atoms with Gasteiger partial charge in [-0.05, 0) is 44.5 Å². The Kier molecular flexibility index (Phi) is 8.01. The maximum absolute atomic E-state index is 6.45. The van der Waals surface area contributed by atoms with Crippen LogP contribution in [0, 0.1) is 0 Å². The molecular formula is C17H29ClN2. The van der Waals surface area contributed by atoms with Crippen LogP contribution in [0.4, 0.5) is 5.69 Å². The minimum atomic E-state index is 0.288. The smallest absolute Gasteiger partial charge is 0.0474 e. The van der Waals surface area contributed by atoms with Crippen molar-refractivity contribution in [1.29, 1.82) is 0 Å². The summed E-state index contributed by atoms with van der Waals surface area (Å²) in [7, 11) is 1.96. The molecule has 0 saturated heterocycles.